The number of aryl methyl sites for hydroxylation is 2. The number of nitrogens with one attached hydrogen (secondary N) is 1. The summed E-state index contributed by atoms with van der Waals surface area (Å²) in [5, 5.41) is 25.1. The molecule has 0 unspecified atom stereocenters. The first-order valence-electron chi connectivity index (χ1n) is 19.3. The topological polar surface area (TPSA) is 163 Å². The SMILES string of the molecule is Cc1ccc2c(N3CC[C@@H](N)C3)nc(-c3c(O)cccc3F)nc2c1.Cc1ccc2c(N3CC[C@@H](NC(=O)OCC(C)(C)C)C3)nc(-c3c(O)cccc3F)nc2c1. The summed E-state index contributed by atoms with van der Waals surface area (Å²) in [7, 11) is 0. The molecule has 2 atom stereocenters. The Balaban J connectivity index is 0.000000183. The molecule has 2 aromatic heterocycles. The molecule has 0 saturated carbocycles. The van der Waals surface area contributed by atoms with E-state index in [0.29, 0.717) is 37.6 Å². The summed E-state index contributed by atoms with van der Waals surface area (Å²) in [5.41, 5.74) is 9.39. The fraction of sp³-hybridized carbons (Fsp3) is 0.341. The van der Waals surface area contributed by atoms with Crippen LogP contribution in [0.25, 0.3) is 44.6 Å². The van der Waals surface area contributed by atoms with Crippen LogP contribution < -0.4 is 20.9 Å². The van der Waals surface area contributed by atoms with Crippen LogP contribution in [0.15, 0.2) is 72.8 Å². The van der Waals surface area contributed by atoms with Crippen LogP contribution in [0.3, 0.4) is 0 Å². The van der Waals surface area contributed by atoms with Gasteiger partial charge >= 0.3 is 6.09 Å². The van der Waals surface area contributed by atoms with Crippen molar-refractivity contribution < 1.29 is 28.5 Å². The molecule has 14 heteroatoms. The average Bonchev–Trinajstić information content (AvgIpc) is 3.82. The van der Waals surface area contributed by atoms with E-state index in [9.17, 15) is 23.8 Å². The lowest BCUT2D eigenvalue weighted by molar-refractivity contribution is 0.104. The fourth-order valence-corrected chi connectivity index (χ4v) is 7.16. The van der Waals surface area contributed by atoms with Gasteiger partial charge in [-0.1, -0.05) is 45.0 Å². The summed E-state index contributed by atoms with van der Waals surface area (Å²) in [5.74, 6) is 0.169. The Morgan fingerprint density at radius 2 is 1.28 bits per heavy atom. The van der Waals surface area contributed by atoms with Crippen molar-refractivity contribution in [2.24, 2.45) is 11.1 Å². The highest BCUT2D eigenvalue weighted by Crippen LogP contribution is 2.36. The number of aromatic hydroxyl groups is 2. The molecule has 302 valence electrons. The standard InChI is InChI=1S/C25H29FN4O3.C19H19FN4O/c1-15-8-9-17-19(12-15)28-22(21-18(26)6-5-7-20(21)31)29-23(17)30-11-10-16(13-30)27-24(32)33-14-25(2,3)4;1-11-5-6-13-15(9-11)22-18(17-14(20)3-2-4-16(17)25)23-19(13)24-8-7-12(21)10-24/h5-9,12,16,31H,10-11,13-14H2,1-4H3,(H,27,32);2-6,9,12,25H,7-8,10,21H2,1H3/t16-;12-/m11/s1. The number of anilines is 2. The van der Waals surface area contributed by atoms with E-state index in [-0.39, 0.29) is 51.8 Å². The number of nitrogens with two attached hydrogens (primary N) is 1. The van der Waals surface area contributed by atoms with Gasteiger partial charge in [0.1, 0.15) is 34.8 Å². The number of hydrogen-bond acceptors (Lipinski definition) is 11. The minimum Gasteiger partial charge on any atom is -0.507 e. The summed E-state index contributed by atoms with van der Waals surface area (Å²) in [4.78, 5) is 34.7. The molecule has 12 nitrogen and oxygen atoms in total. The molecule has 4 heterocycles. The van der Waals surface area contributed by atoms with Gasteiger partial charge in [0.2, 0.25) is 0 Å². The Morgan fingerprint density at radius 1 is 0.776 bits per heavy atom. The van der Waals surface area contributed by atoms with E-state index in [1.807, 2.05) is 71.0 Å². The number of fused-ring (bicyclic) bond motifs is 2. The molecule has 2 aliphatic heterocycles. The molecular formula is C44H48F2N8O4. The largest absolute Gasteiger partial charge is 0.507 e. The molecule has 0 spiro atoms. The second-order valence-electron chi connectivity index (χ2n) is 16.3. The zero-order valence-corrected chi connectivity index (χ0v) is 33.3. The Morgan fingerprint density at radius 3 is 1.74 bits per heavy atom. The van der Waals surface area contributed by atoms with Crippen molar-refractivity contribution in [1.82, 2.24) is 25.3 Å². The van der Waals surface area contributed by atoms with E-state index in [0.717, 1.165) is 52.6 Å². The van der Waals surface area contributed by atoms with Crippen molar-refractivity contribution in [3.05, 3.63) is 95.6 Å². The first kappa shape index (κ1) is 40.1. The molecule has 4 aromatic carbocycles. The first-order valence-corrected chi connectivity index (χ1v) is 19.3. The Bertz CT molecular complexity index is 2450. The summed E-state index contributed by atoms with van der Waals surface area (Å²) >= 11 is 0. The number of carbonyl (C=O) groups excluding carboxylic acids is 1. The molecule has 0 bridgehead atoms. The van der Waals surface area contributed by atoms with Crippen LogP contribution in [0.4, 0.5) is 25.2 Å². The average molecular weight is 791 g/mol. The number of nitrogens with zero attached hydrogens (tertiary/aromatic N) is 6. The normalized spacial score (nSPS) is 16.8. The minimum atomic E-state index is -0.587. The summed E-state index contributed by atoms with van der Waals surface area (Å²) in [6.07, 6.45) is 1.18. The predicted octanol–water partition coefficient (Wildman–Crippen LogP) is 7.79. The number of ether oxygens (including phenoxy) is 1. The van der Waals surface area contributed by atoms with E-state index in [1.165, 1.54) is 36.4 Å². The third-order valence-electron chi connectivity index (χ3n) is 10.1. The number of benzene rings is 4. The van der Waals surface area contributed by atoms with E-state index >= 15 is 0 Å². The van der Waals surface area contributed by atoms with Crippen LogP contribution in [0.2, 0.25) is 0 Å². The number of hydrogen-bond donors (Lipinski definition) is 4. The maximum atomic E-state index is 14.6. The van der Waals surface area contributed by atoms with Crippen molar-refractivity contribution >= 4 is 39.5 Å². The fourth-order valence-electron chi connectivity index (χ4n) is 7.16. The third-order valence-corrected chi connectivity index (χ3v) is 10.1. The number of carbonyl (C=O) groups is 1. The Labute approximate surface area is 335 Å². The lowest BCUT2D eigenvalue weighted by atomic mass is 9.99. The van der Waals surface area contributed by atoms with Crippen LogP contribution >= 0.6 is 0 Å². The van der Waals surface area contributed by atoms with Crippen LogP contribution in [0.5, 0.6) is 11.5 Å². The van der Waals surface area contributed by atoms with Crippen LogP contribution in [-0.4, -0.2) is 81.1 Å². The number of halogens is 2. The summed E-state index contributed by atoms with van der Waals surface area (Å²) < 4.78 is 34.2. The van der Waals surface area contributed by atoms with Crippen LogP contribution in [-0.2, 0) is 4.74 Å². The van der Waals surface area contributed by atoms with Crippen molar-refractivity contribution in [3.63, 3.8) is 0 Å². The smallest absolute Gasteiger partial charge is 0.407 e. The van der Waals surface area contributed by atoms with Gasteiger partial charge in [0.05, 0.1) is 34.8 Å². The molecule has 6 aromatic rings. The van der Waals surface area contributed by atoms with Crippen molar-refractivity contribution in [2.75, 3.05) is 42.6 Å². The van der Waals surface area contributed by atoms with E-state index < -0.39 is 17.7 Å². The minimum absolute atomic E-state index is 0.0238. The zero-order chi connectivity index (χ0) is 41.3. The van der Waals surface area contributed by atoms with Gasteiger partial charge in [-0.25, -0.2) is 33.5 Å². The molecule has 58 heavy (non-hydrogen) atoms. The summed E-state index contributed by atoms with van der Waals surface area (Å²) in [6, 6.07) is 20.1. The molecule has 8 rings (SSSR count). The van der Waals surface area contributed by atoms with Crippen molar-refractivity contribution in [3.8, 4) is 34.3 Å². The Kier molecular flexibility index (Phi) is 11.3. The molecular weight excluding hydrogens is 743 g/mol. The lowest BCUT2D eigenvalue weighted by Crippen LogP contribution is -2.38. The van der Waals surface area contributed by atoms with E-state index in [4.69, 9.17) is 10.5 Å². The third kappa shape index (κ3) is 8.86. The number of phenols is 2. The monoisotopic (exact) mass is 790 g/mol. The lowest BCUT2D eigenvalue weighted by Gasteiger charge is -2.22. The molecule has 5 N–H and O–H groups in total. The van der Waals surface area contributed by atoms with Crippen LogP contribution in [0, 0.1) is 30.9 Å². The summed E-state index contributed by atoms with van der Waals surface area (Å²) in [6.45, 7) is 13.0. The first-order chi connectivity index (χ1) is 27.6. The number of amides is 1. The van der Waals surface area contributed by atoms with Crippen molar-refractivity contribution in [1.29, 1.82) is 0 Å². The maximum Gasteiger partial charge on any atom is 0.407 e. The maximum absolute atomic E-state index is 14.6. The number of rotatable bonds is 6. The van der Waals surface area contributed by atoms with Gasteiger partial charge in [-0.2, -0.15) is 0 Å². The molecule has 0 radical (unpaired) electrons. The van der Waals surface area contributed by atoms with Gasteiger partial charge in [-0.05, 0) is 91.8 Å². The number of aromatic nitrogens is 4. The second-order valence-corrected chi connectivity index (χ2v) is 16.3. The zero-order valence-electron chi connectivity index (χ0n) is 33.3. The highest BCUT2D eigenvalue weighted by Gasteiger charge is 2.29. The van der Waals surface area contributed by atoms with Gasteiger partial charge < -0.3 is 35.8 Å². The van der Waals surface area contributed by atoms with Gasteiger partial charge in [-0.15, -0.1) is 0 Å². The van der Waals surface area contributed by atoms with Gasteiger partial charge in [0, 0.05) is 43.0 Å². The molecule has 2 aliphatic rings. The molecule has 2 saturated heterocycles. The Hall–Kier alpha value is -6.15. The second kappa shape index (κ2) is 16.4. The molecule has 2 fully saturated rings. The predicted molar refractivity (Wildman–Crippen MR) is 222 cm³/mol. The van der Waals surface area contributed by atoms with Gasteiger partial charge in [0.15, 0.2) is 11.6 Å². The molecule has 1 amide bonds. The van der Waals surface area contributed by atoms with E-state index in [2.05, 4.69) is 35.1 Å². The van der Waals surface area contributed by atoms with Gasteiger partial charge in [-0.3, -0.25) is 0 Å². The van der Waals surface area contributed by atoms with E-state index in [1.54, 1.807) is 0 Å². The van der Waals surface area contributed by atoms with Crippen molar-refractivity contribution in [2.45, 2.75) is 59.5 Å². The van der Waals surface area contributed by atoms with Crippen LogP contribution in [0.1, 0.15) is 44.7 Å². The molecule has 0 aliphatic carbocycles. The number of alkyl carbamates (subject to hydrolysis) is 1. The highest BCUT2D eigenvalue weighted by molar-refractivity contribution is 5.93. The highest BCUT2D eigenvalue weighted by atomic mass is 19.1. The quantitative estimate of drug-likeness (QED) is 0.130. The van der Waals surface area contributed by atoms with Gasteiger partial charge in [0.25, 0.3) is 0 Å². The number of phenolic OH excluding ortho intramolecular Hbond substituents is 2.